The van der Waals surface area contributed by atoms with Gasteiger partial charge < -0.3 is 14.5 Å². The summed E-state index contributed by atoms with van der Waals surface area (Å²) in [6, 6.07) is 14.9. The normalized spacial score (nSPS) is 18.8. The van der Waals surface area contributed by atoms with Crippen molar-refractivity contribution in [1.29, 1.82) is 0 Å². The van der Waals surface area contributed by atoms with Gasteiger partial charge in [-0.05, 0) is 61.6 Å². The highest BCUT2D eigenvalue weighted by Crippen LogP contribution is 2.22. The van der Waals surface area contributed by atoms with E-state index in [1.165, 1.54) is 0 Å². The Morgan fingerprint density at radius 2 is 1.65 bits per heavy atom. The molecule has 0 bridgehead atoms. The van der Waals surface area contributed by atoms with Gasteiger partial charge in [-0.1, -0.05) is 29.8 Å². The van der Waals surface area contributed by atoms with Crippen LogP contribution >= 0.6 is 11.6 Å². The minimum absolute atomic E-state index is 0.101. The fourth-order valence-corrected chi connectivity index (χ4v) is 4.56. The number of piperidine rings is 1. The molecule has 164 valence electrons. The van der Waals surface area contributed by atoms with Crippen molar-refractivity contribution in [2.45, 2.75) is 32.1 Å². The number of likely N-dealkylation sites (tertiary alicyclic amines) is 2. The number of benzene rings is 2. The number of hydrogen-bond acceptors (Lipinski definition) is 3. The smallest absolute Gasteiger partial charge is 0.253 e. The molecule has 4 rings (SSSR count). The molecule has 0 N–H and O–H groups in total. The molecule has 2 saturated heterocycles. The van der Waals surface area contributed by atoms with Crippen molar-refractivity contribution in [2.75, 3.05) is 32.8 Å². The predicted molar refractivity (Wildman–Crippen MR) is 122 cm³/mol. The second kappa shape index (κ2) is 10.2. The van der Waals surface area contributed by atoms with E-state index in [1.807, 2.05) is 58.3 Å². The van der Waals surface area contributed by atoms with Gasteiger partial charge in [0, 0.05) is 42.7 Å². The van der Waals surface area contributed by atoms with E-state index in [4.69, 9.17) is 16.3 Å². The summed E-state index contributed by atoms with van der Waals surface area (Å²) >= 11 is 6.21. The van der Waals surface area contributed by atoms with Crippen molar-refractivity contribution in [3.8, 4) is 5.75 Å². The molecule has 0 aromatic heterocycles. The number of carbonyl (C=O) groups is 2. The third-order valence-electron chi connectivity index (χ3n) is 6.15. The van der Waals surface area contributed by atoms with Gasteiger partial charge in [-0.25, -0.2) is 0 Å². The summed E-state index contributed by atoms with van der Waals surface area (Å²) in [4.78, 5) is 29.0. The molecule has 2 fully saturated rings. The van der Waals surface area contributed by atoms with Gasteiger partial charge >= 0.3 is 0 Å². The first-order valence-electron chi connectivity index (χ1n) is 11.1. The van der Waals surface area contributed by atoms with E-state index in [1.54, 1.807) is 0 Å². The van der Waals surface area contributed by atoms with Gasteiger partial charge in [0.1, 0.15) is 5.75 Å². The van der Waals surface area contributed by atoms with Crippen molar-refractivity contribution >= 4 is 23.4 Å². The Morgan fingerprint density at radius 1 is 0.935 bits per heavy atom. The Labute approximate surface area is 188 Å². The summed E-state index contributed by atoms with van der Waals surface area (Å²) < 4.78 is 5.99. The van der Waals surface area contributed by atoms with Crippen molar-refractivity contribution in [2.24, 2.45) is 5.92 Å². The average Bonchev–Trinajstić information content (AvgIpc) is 3.34. The Balaban J connectivity index is 1.27. The molecule has 0 unspecified atom stereocenters. The highest BCUT2D eigenvalue weighted by molar-refractivity contribution is 6.31. The van der Waals surface area contributed by atoms with Crippen LogP contribution in [-0.4, -0.2) is 54.4 Å². The maximum atomic E-state index is 12.7. The van der Waals surface area contributed by atoms with Crippen LogP contribution in [0.25, 0.3) is 0 Å². The zero-order valence-electron chi connectivity index (χ0n) is 17.8. The van der Waals surface area contributed by atoms with E-state index in [0.29, 0.717) is 36.1 Å². The molecule has 2 amide bonds. The molecule has 6 heteroatoms. The lowest BCUT2D eigenvalue weighted by Gasteiger charge is -2.33. The molecular formula is C25H29ClN2O3. The Bertz CT molecular complexity index is 909. The minimum atomic E-state index is 0.101. The van der Waals surface area contributed by atoms with Gasteiger partial charge in [-0.2, -0.15) is 0 Å². The number of hydrogen-bond donors (Lipinski definition) is 0. The number of ether oxygens (including phenoxy) is 1. The molecule has 0 radical (unpaired) electrons. The monoisotopic (exact) mass is 440 g/mol. The predicted octanol–water partition coefficient (Wildman–Crippen LogP) is 4.44. The lowest BCUT2D eigenvalue weighted by molar-refractivity contribution is -0.132. The second-order valence-corrected chi connectivity index (χ2v) is 8.86. The lowest BCUT2D eigenvalue weighted by Crippen LogP contribution is -2.42. The molecule has 0 aliphatic carbocycles. The van der Waals surface area contributed by atoms with Gasteiger partial charge in [0.25, 0.3) is 5.91 Å². The maximum Gasteiger partial charge on any atom is 0.253 e. The van der Waals surface area contributed by atoms with Gasteiger partial charge in [0.15, 0.2) is 0 Å². The van der Waals surface area contributed by atoms with Gasteiger partial charge in [-0.15, -0.1) is 0 Å². The van der Waals surface area contributed by atoms with Gasteiger partial charge in [0.2, 0.25) is 5.91 Å². The SMILES string of the molecule is O=C(Cc1ccccc1Cl)N1CCC[C@@H](COc2ccc(C(=O)N3CCCC3)cc2)C1. The van der Waals surface area contributed by atoms with E-state index < -0.39 is 0 Å². The molecule has 1 atom stereocenters. The first-order valence-corrected chi connectivity index (χ1v) is 11.5. The van der Waals surface area contributed by atoms with E-state index in [-0.39, 0.29) is 11.8 Å². The van der Waals surface area contributed by atoms with Crippen molar-refractivity contribution in [1.82, 2.24) is 9.80 Å². The molecule has 2 heterocycles. The van der Waals surface area contributed by atoms with Crippen LogP contribution in [0.2, 0.25) is 5.02 Å². The fourth-order valence-electron chi connectivity index (χ4n) is 4.35. The summed E-state index contributed by atoms with van der Waals surface area (Å²) in [5.41, 5.74) is 1.58. The minimum Gasteiger partial charge on any atom is -0.493 e. The molecule has 2 aromatic rings. The van der Waals surface area contributed by atoms with Crippen LogP contribution in [0.1, 0.15) is 41.6 Å². The van der Waals surface area contributed by atoms with E-state index in [0.717, 1.165) is 56.6 Å². The topological polar surface area (TPSA) is 49.9 Å². The van der Waals surface area contributed by atoms with Gasteiger partial charge in [-0.3, -0.25) is 9.59 Å². The Morgan fingerprint density at radius 3 is 2.39 bits per heavy atom. The summed E-state index contributed by atoms with van der Waals surface area (Å²) in [6.07, 6.45) is 4.53. The molecule has 5 nitrogen and oxygen atoms in total. The summed E-state index contributed by atoms with van der Waals surface area (Å²) in [5.74, 6) is 1.28. The van der Waals surface area contributed by atoms with Crippen LogP contribution in [0.3, 0.4) is 0 Å². The van der Waals surface area contributed by atoms with Crippen LogP contribution in [-0.2, 0) is 11.2 Å². The zero-order chi connectivity index (χ0) is 21.6. The highest BCUT2D eigenvalue weighted by atomic mass is 35.5. The molecule has 2 aliphatic heterocycles. The molecule has 31 heavy (non-hydrogen) atoms. The highest BCUT2D eigenvalue weighted by Gasteiger charge is 2.25. The summed E-state index contributed by atoms with van der Waals surface area (Å²) in [6.45, 7) is 3.76. The Hall–Kier alpha value is -2.53. The van der Waals surface area contributed by atoms with Crippen molar-refractivity contribution in [3.63, 3.8) is 0 Å². The van der Waals surface area contributed by atoms with Gasteiger partial charge in [0.05, 0.1) is 13.0 Å². The van der Waals surface area contributed by atoms with E-state index in [9.17, 15) is 9.59 Å². The van der Waals surface area contributed by atoms with E-state index >= 15 is 0 Å². The van der Waals surface area contributed by atoms with Crippen LogP contribution in [0.4, 0.5) is 0 Å². The molecule has 0 saturated carbocycles. The number of carbonyl (C=O) groups excluding carboxylic acids is 2. The fraction of sp³-hybridized carbons (Fsp3) is 0.440. The first-order chi connectivity index (χ1) is 15.1. The van der Waals surface area contributed by atoms with Crippen molar-refractivity contribution in [3.05, 3.63) is 64.7 Å². The number of nitrogens with zero attached hydrogens (tertiary/aromatic N) is 2. The van der Waals surface area contributed by atoms with Crippen LogP contribution in [0, 0.1) is 5.92 Å². The molecule has 2 aliphatic rings. The van der Waals surface area contributed by atoms with Crippen LogP contribution in [0.15, 0.2) is 48.5 Å². The molecule has 0 spiro atoms. The van der Waals surface area contributed by atoms with Crippen LogP contribution < -0.4 is 4.74 Å². The number of rotatable bonds is 6. The largest absolute Gasteiger partial charge is 0.493 e. The summed E-state index contributed by atoms with van der Waals surface area (Å²) in [7, 11) is 0. The number of halogens is 1. The van der Waals surface area contributed by atoms with Crippen molar-refractivity contribution < 1.29 is 14.3 Å². The summed E-state index contributed by atoms with van der Waals surface area (Å²) in [5, 5.41) is 0.638. The third kappa shape index (κ3) is 5.59. The first kappa shape index (κ1) is 21.7. The average molecular weight is 441 g/mol. The molecular weight excluding hydrogens is 412 g/mol. The third-order valence-corrected chi connectivity index (χ3v) is 6.52. The molecule has 2 aromatic carbocycles. The van der Waals surface area contributed by atoms with E-state index in [2.05, 4.69) is 0 Å². The standard InChI is InChI=1S/C25H29ClN2O3/c26-23-8-2-1-7-21(23)16-24(29)28-15-5-6-19(17-28)18-31-22-11-9-20(10-12-22)25(30)27-13-3-4-14-27/h1-2,7-12,19H,3-6,13-18H2/t19-/m1/s1. The zero-order valence-corrected chi connectivity index (χ0v) is 18.5. The quantitative estimate of drug-likeness (QED) is 0.667. The second-order valence-electron chi connectivity index (χ2n) is 8.45. The number of amides is 2. The van der Waals surface area contributed by atoms with Crippen LogP contribution in [0.5, 0.6) is 5.75 Å². The maximum absolute atomic E-state index is 12.7. The Kier molecular flexibility index (Phi) is 7.13. The lowest BCUT2D eigenvalue weighted by atomic mass is 9.98.